The van der Waals surface area contributed by atoms with E-state index >= 15 is 0 Å². The molecule has 1 heterocycles. The summed E-state index contributed by atoms with van der Waals surface area (Å²) in [4.78, 5) is 27.6. The number of nitrogens with zero attached hydrogens (tertiary/aromatic N) is 2. The van der Waals surface area contributed by atoms with Crippen molar-refractivity contribution in [3.8, 4) is 11.3 Å². The molecule has 1 aromatic heterocycles. The Morgan fingerprint density at radius 1 is 1.23 bits per heavy atom. The Morgan fingerprint density at radius 3 is 2.62 bits per heavy atom. The number of amides is 1. The summed E-state index contributed by atoms with van der Waals surface area (Å²) in [5.41, 5.74) is 3.24. The van der Waals surface area contributed by atoms with Gasteiger partial charge in [0, 0.05) is 16.5 Å². The summed E-state index contributed by atoms with van der Waals surface area (Å²) < 4.78 is 0. The number of rotatable bonds is 5. The maximum absolute atomic E-state index is 12.5. The number of anilines is 1. The summed E-state index contributed by atoms with van der Waals surface area (Å²) in [5, 5.41) is 16.2. The first-order valence-corrected chi connectivity index (χ1v) is 8.97. The lowest BCUT2D eigenvalue weighted by Crippen LogP contribution is -2.14. The van der Waals surface area contributed by atoms with Crippen molar-refractivity contribution in [1.29, 1.82) is 0 Å². The lowest BCUT2D eigenvalue weighted by Gasteiger charge is -2.05. The molecular weight excluding hydrogens is 350 g/mol. The fraction of sp³-hybridized carbons (Fsp3) is 0.158. The number of para-hydroxylation sites is 1. The molecule has 7 heteroatoms. The van der Waals surface area contributed by atoms with E-state index in [2.05, 4.69) is 17.2 Å². The molecule has 132 valence electrons. The van der Waals surface area contributed by atoms with Crippen LogP contribution in [0.1, 0.15) is 28.4 Å². The third-order valence-corrected chi connectivity index (χ3v) is 4.81. The van der Waals surface area contributed by atoms with Crippen LogP contribution in [0.2, 0.25) is 0 Å². The van der Waals surface area contributed by atoms with Gasteiger partial charge in [-0.1, -0.05) is 43.3 Å². The maximum Gasteiger partial charge on any atom is 0.285 e. The number of hydrogen-bond donors (Lipinski definition) is 1. The van der Waals surface area contributed by atoms with Gasteiger partial charge >= 0.3 is 0 Å². The molecule has 3 aromatic rings. The fourth-order valence-corrected chi connectivity index (χ4v) is 3.34. The van der Waals surface area contributed by atoms with E-state index < -0.39 is 10.8 Å². The van der Waals surface area contributed by atoms with Crippen molar-refractivity contribution in [2.24, 2.45) is 0 Å². The molecule has 6 nitrogen and oxygen atoms in total. The fourth-order valence-electron chi connectivity index (χ4n) is 2.62. The molecule has 26 heavy (non-hydrogen) atoms. The number of nitro benzene ring substituents is 1. The molecule has 0 radical (unpaired) electrons. The first-order valence-electron chi connectivity index (χ1n) is 8.09. The Kier molecular flexibility index (Phi) is 5.09. The highest BCUT2D eigenvalue weighted by atomic mass is 32.1. The average molecular weight is 367 g/mol. The van der Waals surface area contributed by atoms with E-state index in [1.807, 2.05) is 29.6 Å². The largest absolute Gasteiger partial charge is 0.298 e. The van der Waals surface area contributed by atoms with Crippen molar-refractivity contribution in [3.63, 3.8) is 0 Å². The summed E-state index contributed by atoms with van der Waals surface area (Å²) in [6, 6.07) is 12.7. The van der Waals surface area contributed by atoms with Gasteiger partial charge in [-0.2, -0.15) is 0 Å². The number of nitro groups is 1. The van der Waals surface area contributed by atoms with Crippen LogP contribution in [0.5, 0.6) is 0 Å². The summed E-state index contributed by atoms with van der Waals surface area (Å²) in [6.07, 6.45) is 0.966. The Balaban J connectivity index is 1.82. The van der Waals surface area contributed by atoms with Crippen LogP contribution in [0.4, 0.5) is 10.8 Å². The second-order valence-corrected chi connectivity index (χ2v) is 6.63. The molecule has 0 atom stereocenters. The third-order valence-electron chi connectivity index (χ3n) is 4.05. The quantitative estimate of drug-likeness (QED) is 0.516. The molecule has 2 aromatic carbocycles. The number of carbonyl (C=O) groups excluding carboxylic acids is 1. The second-order valence-electron chi connectivity index (χ2n) is 5.77. The van der Waals surface area contributed by atoms with Gasteiger partial charge in [-0.05, 0) is 25.0 Å². The predicted octanol–water partition coefficient (Wildman–Crippen LogP) is 4.84. The SMILES string of the molecule is CCc1ccc(-c2csc(NC(=O)c3cccc(C)c3[N+](=O)[O-])n2)cc1. The van der Waals surface area contributed by atoms with Crippen LogP contribution in [0, 0.1) is 17.0 Å². The van der Waals surface area contributed by atoms with Gasteiger partial charge in [0.2, 0.25) is 0 Å². The summed E-state index contributed by atoms with van der Waals surface area (Å²) in [6.45, 7) is 3.70. The average Bonchev–Trinajstić information content (AvgIpc) is 3.09. The lowest BCUT2D eigenvalue weighted by molar-refractivity contribution is -0.385. The van der Waals surface area contributed by atoms with Crippen LogP contribution in [0.25, 0.3) is 11.3 Å². The van der Waals surface area contributed by atoms with Crippen LogP contribution in [0.15, 0.2) is 47.8 Å². The minimum Gasteiger partial charge on any atom is -0.298 e. The molecule has 1 N–H and O–H groups in total. The zero-order chi connectivity index (χ0) is 18.7. The molecule has 0 aliphatic heterocycles. The number of aryl methyl sites for hydroxylation is 2. The number of nitrogens with one attached hydrogen (secondary N) is 1. The van der Waals surface area contributed by atoms with Crippen molar-refractivity contribution >= 4 is 28.1 Å². The van der Waals surface area contributed by atoms with Crippen LogP contribution < -0.4 is 5.32 Å². The van der Waals surface area contributed by atoms with E-state index in [1.54, 1.807) is 19.1 Å². The van der Waals surface area contributed by atoms with Gasteiger partial charge in [-0.3, -0.25) is 20.2 Å². The first kappa shape index (κ1) is 17.8. The number of thiazole rings is 1. The molecule has 0 saturated carbocycles. The van der Waals surface area contributed by atoms with Crippen molar-refractivity contribution in [2.75, 3.05) is 5.32 Å². The molecular formula is C19H17N3O3S. The molecule has 0 saturated heterocycles. The number of hydrogen-bond acceptors (Lipinski definition) is 5. The Morgan fingerprint density at radius 2 is 1.96 bits per heavy atom. The number of carbonyl (C=O) groups is 1. The van der Waals surface area contributed by atoms with E-state index in [4.69, 9.17) is 0 Å². The highest BCUT2D eigenvalue weighted by molar-refractivity contribution is 7.14. The molecule has 3 rings (SSSR count). The summed E-state index contributed by atoms with van der Waals surface area (Å²) in [5.74, 6) is -0.539. The third kappa shape index (κ3) is 3.62. The monoisotopic (exact) mass is 367 g/mol. The van der Waals surface area contributed by atoms with Gasteiger partial charge in [0.25, 0.3) is 11.6 Å². The lowest BCUT2D eigenvalue weighted by atomic mass is 10.1. The summed E-state index contributed by atoms with van der Waals surface area (Å²) in [7, 11) is 0. The molecule has 0 unspecified atom stereocenters. The van der Waals surface area contributed by atoms with Gasteiger partial charge in [-0.15, -0.1) is 11.3 Å². The standard InChI is InChI=1S/C19H17N3O3S/c1-3-13-7-9-14(10-8-13)16-11-26-19(20-16)21-18(23)15-6-4-5-12(2)17(15)22(24)25/h4-11H,3H2,1-2H3,(H,20,21,23). The van der Waals surface area contributed by atoms with Crippen LogP contribution >= 0.6 is 11.3 Å². The Bertz CT molecular complexity index is 964. The summed E-state index contributed by atoms with van der Waals surface area (Å²) >= 11 is 1.28. The van der Waals surface area contributed by atoms with E-state index in [9.17, 15) is 14.9 Å². The van der Waals surface area contributed by atoms with Crippen molar-refractivity contribution < 1.29 is 9.72 Å². The van der Waals surface area contributed by atoms with E-state index in [0.717, 1.165) is 17.7 Å². The highest BCUT2D eigenvalue weighted by Crippen LogP contribution is 2.27. The van der Waals surface area contributed by atoms with Gasteiger partial charge in [-0.25, -0.2) is 4.98 Å². The molecule has 1 amide bonds. The normalized spacial score (nSPS) is 10.5. The van der Waals surface area contributed by atoms with Gasteiger partial charge in [0.15, 0.2) is 5.13 Å². The maximum atomic E-state index is 12.5. The zero-order valence-corrected chi connectivity index (χ0v) is 15.2. The topological polar surface area (TPSA) is 85.1 Å². The zero-order valence-electron chi connectivity index (χ0n) is 14.4. The number of aromatic nitrogens is 1. The smallest absolute Gasteiger partial charge is 0.285 e. The Hall–Kier alpha value is -3.06. The minimum atomic E-state index is -0.539. The van der Waals surface area contributed by atoms with Crippen molar-refractivity contribution in [2.45, 2.75) is 20.3 Å². The number of benzene rings is 2. The Labute approximate surface area is 154 Å². The predicted molar refractivity (Wildman–Crippen MR) is 103 cm³/mol. The first-order chi connectivity index (χ1) is 12.5. The van der Waals surface area contributed by atoms with Crippen LogP contribution in [-0.4, -0.2) is 15.8 Å². The van der Waals surface area contributed by atoms with Gasteiger partial charge in [0.05, 0.1) is 10.6 Å². The molecule has 0 fully saturated rings. The van der Waals surface area contributed by atoms with Gasteiger partial charge < -0.3 is 0 Å². The molecule has 0 aliphatic rings. The molecule has 0 spiro atoms. The van der Waals surface area contributed by atoms with E-state index in [1.165, 1.54) is 23.0 Å². The van der Waals surface area contributed by atoms with Crippen molar-refractivity contribution in [3.05, 3.63) is 74.6 Å². The minimum absolute atomic E-state index is 0.0269. The highest BCUT2D eigenvalue weighted by Gasteiger charge is 2.23. The second kappa shape index (κ2) is 7.45. The van der Waals surface area contributed by atoms with Crippen LogP contribution in [0.3, 0.4) is 0 Å². The van der Waals surface area contributed by atoms with E-state index in [0.29, 0.717) is 10.7 Å². The van der Waals surface area contributed by atoms with Crippen molar-refractivity contribution in [1.82, 2.24) is 4.98 Å². The molecule has 0 bridgehead atoms. The van der Waals surface area contributed by atoms with Gasteiger partial charge in [0.1, 0.15) is 5.56 Å². The van der Waals surface area contributed by atoms with E-state index in [-0.39, 0.29) is 11.3 Å². The van der Waals surface area contributed by atoms with Crippen LogP contribution in [-0.2, 0) is 6.42 Å². The molecule has 0 aliphatic carbocycles.